The number of rotatable bonds is 6. The van der Waals surface area contributed by atoms with E-state index < -0.39 is 11.9 Å². The van der Waals surface area contributed by atoms with Gasteiger partial charge >= 0.3 is 5.97 Å². The van der Waals surface area contributed by atoms with E-state index in [1.165, 1.54) is 30.3 Å². The maximum absolute atomic E-state index is 12.3. The van der Waals surface area contributed by atoms with Gasteiger partial charge in [-0.05, 0) is 42.8 Å². The summed E-state index contributed by atoms with van der Waals surface area (Å²) in [5.74, 6) is -0.978. The number of nitriles is 1. The first-order chi connectivity index (χ1) is 12.0. The van der Waals surface area contributed by atoms with E-state index in [4.69, 9.17) is 9.84 Å². The Morgan fingerprint density at radius 2 is 1.96 bits per heavy atom. The summed E-state index contributed by atoms with van der Waals surface area (Å²) in [4.78, 5) is 23.1. The number of nitrogens with zero attached hydrogens (tertiary/aromatic N) is 1. The van der Waals surface area contributed by atoms with E-state index in [0.29, 0.717) is 23.6 Å². The van der Waals surface area contributed by atoms with Crippen molar-refractivity contribution in [1.82, 2.24) is 0 Å². The minimum absolute atomic E-state index is 0.0927. The summed E-state index contributed by atoms with van der Waals surface area (Å²) in [5.41, 5.74) is 1.11. The van der Waals surface area contributed by atoms with Crippen LogP contribution in [0.5, 0.6) is 5.75 Å². The lowest BCUT2D eigenvalue weighted by Gasteiger charge is -2.07. The lowest BCUT2D eigenvalue weighted by Crippen LogP contribution is -2.13. The third-order valence-electron chi connectivity index (χ3n) is 3.24. The molecular formula is C19H16N2O4. The van der Waals surface area contributed by atoms with Gasteiger partial charge in [0, 0.05) is 11.8 Å². The first-order valence-electron chi connectivity index (χ1n) is 7.53. The Bertz CT molecular complexity index is 848. The highest BCUT2D eigenvalue weighted by atomic mass is 16.5. The fourth-order valence-electron chi connectivity index (χ4n) is 2.07. The topological polar surface area (TPSA) is 99.4 Å². The van der Waals surface area contributed by atoms with Gasteiger partial charge in [0.25, 0.3) is 5.91 Å². The maximum Gasteiger partial charge on any atom is 0.335 e. The molecule has 0 heterocycles. The number of nitrogens with one attached hydrogen (secondary N) is 1. The van der Waals surface area contributed by atoms with Crippen molar-refractivity contribution >= 4 is 23.6 Å². The zero-order chi connectivity index (χ0) is 18.2. The molecule has 25 heavy (non-hydrogen) atoms. The van der Waals surface area contributed by atoms with Crippen LogP contribution in [0.3, 0.4) is 0 Å². The third-order valence-corrected chi connectivity index (χ3v) is 3.24. The standard InChI is InChI=1S/C19H16N2O4/c1-2-25-17-5-3-4-16(11-17)21-18(22)15(12-20)10-13-6-8-14(9-7-13)19(23)24/h3-11H,2H2,1H3,(H,21,22)(H,23,24)/b15-10+. The molecule has 0 aliphatic carbocycles. The first kappa shape index (κ1) is 17.8. The van der Waals surface area contributed by atoms with Crippen LogP contribution >= 0.6 is 0 Å². The minimum Gasteiger partial charge on any atom is -0.494 e. The monoisotopic (exact) mass is 336 g/mol. The fraction of sp³-hybridized carbons (Fsp3) is 0.105. The van der Waals surface area contributed by atoms with E-state index in [-0.39, 0.29) is 11.1 Å². The number of anilines is 1. The molecular weight excluding hydrogens is 320 g/mol. The Hall–Kier alpha value is -3.59. The van der Waals surface area contributed by atoms with Gasteiger partial charge in [0.05, 0.1) is 12.2 Å². The number of aromatic carboxylic acids is 1. The van der Waals surface area contributed by atoms with Crippen molar-refractivity contribution in [2.45, 2.75) is 6.92 Å². The number of ether oxygens (including phenoxy) is 1. The van der Waals surface area contributed by atoms with Crippen molar-refractivity contribution in [3.8, 4) is 11.8 Å². The second kappa shape index (κ2) is 8.31. The Balaban J connectivity index is 2.16. The highest BCUT2D eigenvalue weighted by Crippen LogP contribution is 2.18. The van der Waals surface area contributed by atoms with Crippen LogP contribution in [-0.4, -0.2) is 23.6 Å². The molecule has 2 aromatic rings. The van der Waals surface area contributed by atoms with Crippen LogP contribution in [0.2, 0.25) is 0 Å². The molecule has 0 spiro atoms. The highest BCUT2D eigenvalue weighted by molar-refractivity contribution is 6.09. The van der Waals surface area contributed by atoms with Gasteiger partial charge in [-0.25, -0.2) is 4.79 Å². The van der Waals surface area contributed by atoms with Crippen LogP contribution in [0.1, 0.15) is 22.8 Å². The molecule has 0 aliphatic rings. The van der Waals surface area contributed by atoms with Gasteiger partial charge in [-0.1, -0.05) is 18.2 Å². The Morgan fingerprint density at radius 1 is 1.24 bits per heavy atom. The molecule has 0 unspecified atom stereocenters. The SMILES string of the molecule is CCOc1cccc(NC(=O)/C(C#N)=C/c2ccc(C(=O)O)cc2)c1. The number of amides is 1. The van der Waals surface area contributed by atoms with Crippen molar-refractivity contribution in [3.63, 3.8) is 0 Å². The Kier molecular flexibility index (Phi) is 5.91. The normalized spacial score (nSPS) is 10.6. The minimum atomic E-state index is -1.04. The number of benzene rings is 2. The molecule has 0 aliphatic heterocycles. The second-order valence-corrected chi connectivity index (χ2v) is 5.01. The van der Waals surface area contributed by atoms with Crippen LogP contribution < -0.4 is 10.1 Å². The van der Waals surface area contributed by atoms with Gasteiger partial charge in [-0.3, -0.25) is 4.79 Å². The lowest BCUT2D eigenvalue weighted by atomic mass is 10.1. The lowest BCUT2D eigenvalue weighted by molar-refractivity contribution is -0.112. The van der Waals surface area contributed by atoms with Gasteiger partial charge in [0.15, 0.2) is 0 Å². The van der Waals surface area contributed by atoms with Gasteiger partial charge in [0.2, 0.25) is 0 Å². The van der Waals surface area contributed by atoms with E-state index in [2.05, 4.69) is 5.32 Å². The number of carbonyl (C=O) groups excluding carboxylic acids is 1. The second-order valence-electron chi connectivity index (χ2n) is 5.01. The average molecular weight is 336 g/mol. The molecule has 2 rings (SSSR count). The maximum atomic E-state index is 12.3. The molecule has 126 valence electrons. The van der Waals surface area contributed by atoms with Gasteiger partial charge in [0.1, 0.15) is 17.4 Å². The summed E-state index contributed by atoms with van der Waals surface area (Å²) in [5, 5.41) is 20.7. The molecule has 0 atom stereocenters. The zero-order valence-electron chi connectivity index (χ0n) is 13.5. The summed E-state index contributed by atoms with van der Waals surface area (Å²) >= 11 is 0. The molecule has 0 aromatic heterocycles. The van der Waals surface area contributed by atoms with Crippen LogP contribution in [0, 0.1) is 11.3 Å². The van der Waals surface area contributed by atoms with E-state index in [1.807, 2.05) is 13.0 Å². The Morgan fingerprint density at radius 3 is 2.56 bits per heavy atom. The molecule has 0 saturated heterocycles. The smallest absolute Gasteiger partial charge is 0.335 e. The number of carbonyl (C=O) groups is 2. The van der Waals surface area contributed by atoms with Crippen molar-refractivity contribution < 1.29 is 19.4 Å². The van der Waals surface area contributed by atoms with Crippen LogP contribution in [-0.2, 0) is 4.79 Å². The summed E-state index contributed by atoms with van der Waals surface area (Å²) in [6.07, 6.45) is 1.40. The van der Waals surface area contributed by atoms with E-state index >= 15 is 0 Å². The number of carboxylic acid groups (broad SMARTS) is 1. The predicted molar refractivity (Wildman–Crippen MR) is 93.2 cm³/mol. The van der Waals surface area contributed by atoms with Crippen LogP contribution in [0.15, 0.2) is 54.1 Å². The van der Waals surface area contributed by atoms with Crippen LogP contribution in [0.25, 0.3) is 6.08 Å². The van der Waals surface area contributed by atoms with E-state index in [1.54, 1.807) is 24.3 Å². The number of hydrogen-bond donors (Lipinski definition) is 2. The average Bonchev–Trinajstić information content (AvgIpc) is 2.60. The molecule has 2 aromatic carbocycles. The Labute approximate surface area is 145 Å². The molecule has 6 nitrogen and oxygen atoms in total. The van der Waals surface area contributed by atoms with Crippen molar-refractivity contribution in [3.05, 3.63) is 65.2 Å². The van der Waals surface area contributed by atoms with E-state index in [9.17, 15) is 14.9 Å². The molecule has 0 bridgehead atoms. The summed E-state index contributed by atoms with van der Waals surface area (Å²) < 4.78 is 5.36. The van der Waals surface area contributed by atoms with Gasteiger partial charge in [-0.15, -0.1) is 0 Å². The van der Waals surface area contributed by atoms with Crippen molar-refractivity contribution in [1.29, 1.82) is 5.26 Å². The third kappa shape index (κ3) is 4.94. The highest BCUT2D eigenvalue weighted by Gasteiger charge is 2.10. The first-order valence-corrected chi connectivity index (χ1v) is 7.53. The molecule has 0 radical (unpaired) electrons. The molecule has 0 fully saturated rings. The molecule has 0 saturated carbocycles. The van der Waals surface area contributed by atoms with Gasteiger partial charge < -0.3 is 15.2 Å². The summed E-state index contributed by atoms with van der Waals surface area (Å²) in [7, 11) is 0. The molecule has 2 N–H and O–H groups in total. The molecule has 1 amide bonds. The van der Waals surface area contributed by atoms with Crippen LogP contribution in [0.4, 0.5) is 5.69 Å². The zero-order valence-corrected chi connectivity index (χ0v) is 13.5. The van der Waals surface area contributed by atoms with Gasteiger partial charge in [-0.2, -0.15) is 5.26 Å². The quantitative estimate of drug-likeness (QED) is 0.622. The largest absolute Gasteiger partial charge is 0.494 e. The summed E-state index contributed by atoms with van der Waals surface area (Å²) in [6, 6.07) is 14.6. The number of carboxylic acids is 1. The van der Waals surface area contributed by atoms with E-state index in [0.717, 1.165) is 0 Å². The predicted octanol–water partition coefficient (Wildman–Crippen LogP) is 3.33. The molecule has 6 heteroatoms. The van der Waals surface area contributed by atoms with Crippen molar-refractivity contribution in [2.24, 2.45) is 0 Å². The summed E-state index contributed by atoms with van der Waals surface area (Å²) in [6.45, 7) is 2.37. The van der Waals surface area contributed by atoms with Crippen molar-refractivity contribution in [2.75, 3.05) is 11.9 Å². The fourth-order valence-corrected chi connectivity index (χ4v) is 2.07. The number of hydrogen-bond acceptors (Lipinski definition) is 4.